The Balaban J connectivity index is 1.66. The molecule has 0 aromatic rings. The lowest BCUT2D eigenvalue weighted by molar-refractivity contribution is -0.128. The van der Waals surface area contributed by atoms with Gasteiger partial charge in [0.15, 0.2) is 0 Å². The van der Waals surface area contributed by atoms with E-state index in [1.165, 1.54) is 70.6 Å². The maximum Gasteiger partial charge on any atom is 0.0685 e. The third-order valence-corrected chi connectivity index (χ3v) is 6.09. The van der Waals surface area contributed by atoms with Crippen LogP contribution < -0.4 is 5.32 Å². The molecule has 0 bridgehead atoms. The first-order valence-corrected chi connectivity index (χ1v) is 8.64. The van der Waals surface area contributed by atoms with Crippen LogP contribution in [0.4, 0.5) is 0 Å². The Hall–Kier alpha value is -0.0800. The first-order valence-electron chi connectivity index (χ1n) is 8.64. The zero-order valence-corrected chi connectivity index (χ0v) is 12.6. The number of nitrogens with one attached hydrogen (secondary N) is 1. The van der Waals surface area contributed by atoms with Gasteiger partial charge in [0.1, 0.15) is 0 Å². The molecule has 0 radical (unpaired) electrons. The van der Waals surface area contributed by atoms with Crippen molar-refractivity contribution >= 4 is 0 Å². The lowest BCUT2D eigenvalue weighted by atomic mass is 9.67. The minimum Gasteiger partial charge on any atom is -0.375 e. The highest BCUT2D eigenvalue weighted by Gasteiger charge is 2.42. The number of hydrogen-bond donors (Lipinski definition) is 1. The van der Waals surface area contributed by atoms with E-state index in [-0.39, 0.29) is 5.60 Å². The smallest absolute Gasteiger partial charge is 0.0685 e. The Labute approximate surface area is 118 Å². The lowest BCUT2D eigenvalue weighted by Gasteiger charge is -2.47. The van der Waals surface area contributed by atoms with Crippen molar-refractivity contribution in [1.82, 2.24) is 5.32 Å². The normalized spacial score (nSPS) is 39.3. The fourth-order valence-corrected chi connectivity index (χ4v) is 5.06. The van der Waals surface area contributed by atoms with Crippen molar-refractivity contribution in [3.8, 4) is 0 Å². The van der Waals surface area contributed by atoms with Gasteiger partial charge in [0, 0.05) is 12.6 Å². The van der Waals surface area contributed by atoms with Crippen LogP contribution in [0.5, 0.6) is 0 Å². The van der Waals surface area contributed by atoms with Gasteiger partial charge in [0.25, 0.3) is 0 Å². The average Bonchev–Trinajstić information content (AvgIpc) is 2.48. The minimum absolute atomic E-state index is 0.289. The minimum atomic E-state index is 0.289. The molecule has 1 spiro atoms. The molecule has 1 aliphatic heterocycles. The second kappa shape index (κ2) is 6.13. The zero-order valence-electron chi connectivity index (χ0n) is 12.6. The van der Waals surface area contributed by atoms with Gasteiger partial charge in [-0.1, -0.05) is 32.1 Å². The third kappa shape index (κ3) is 3.00. The molecular formula is C17H31NO. The fraction of sp³-hybridized carbons (Fsp3) is 1.00. The van der Waals surface area contributed by atoms with E-state index in [2.05, 4.69) is 12.4 Å². The van der Waals surface area contributed by atoms with Crippen molar-refractivity contribution in [2.45, 2.75) is 82.3 Å². The Morgan fingerprint density at radius 1 is 0.947 bits per heavy atom. The van der Waals surface area contributed by atoms with Crippen molar-refractivity contribution in [3.63, 3.8) is 0 Å². The largest absolute Gasteiger partial charge is 0.375 e. The molecule has 0 aromatic heterocycles. The molecule has 2 nitrogen and oxygen atoms in total. The lowest BCUT2D eigenvalue weighted by Crippen LogP contribution is -2.47. The SMILES string of the molecule is CNC1CCCCC1C1CCOC2(CCCCC2)C1. The molecule has 3 aliphatic rings. The summed E-state index contributed by atoms with van der Waals surface area (Å²) in [6.45, 7) is 1.03. The molecule has 2 heteroatoms. The quantitative estimate of drug-likeness (QED) is 0.818. The molecule has 1 N–H and O–H groups in total. The number of ether oxygens (including phenoxy) is 1. The molecule has 0 aromatic carbocycles. The summed E-state index contributed by atoms with van der Waals surface area (Å²) in [5.41, 5.74) is 0.289. The van der Waals surface area contributed by atoms with E-state index in [1.807, 2.05) is 0 Å². The summed E-state index contributed by atoms with van der Waals surface area (Å²) >= 11 is 0. The molecule has 3 rings (SSSR count). The first kappa shape index (κ1) is 13.9. The predicted octanol–water partition coefficient (Wildman–Crippen LogP) is 3.89. The van der Waals surface area contributed by atoms with E-state index >= 15 is 0 Å². The van der Waals surface area contributed by atoms with Gasteiger partial charge >= 0.3 is 0 Å². The average molecular weight is 265 g/mol. The van der Waals surface area contributed by atoms with E-state index in [1.54, 1.807) is 0 Å². The highest BCUT2D eigenvalue weighted by Crippen LogP contribution is 2.45. The molecule has 3 unspecified atom stereocenters. The van der Waals surface area contributed by atoms with Crippen LogP contribution in [-0.2, 0) is 4.74 Å². The van der Waals surface area contributed by atoms with Crippen LogP contribution in [0.3, 0.4) is 0 Å². The van der Waals surface area contributed by atoms with Crippen LogP contribution >= 0.6 is 0 Å². The topological polar surface area (TPSA) is 21.3 Å². The van der Waals surface area contributed by atoms with E-state index in [0.29, 0.717) is 0 Å². The molecule has 19 heavy (non-hydrogen) atoms. The highest BCUT2D eigenvalue weighted by atomic mass is 16.5. The summed E-state index contributed by atoms with van der Waals surface area (Å²) < 4.78 is 6.28. The zero-order chi connectivity index (χ0) is 13.1. The van der Waals surface area contributed by atoms with E-state index in [0.717, 1.165) is 24.5 Å². The van der Waals surface area contributed by atoms with Crippen molar-refractivity contribution in [2.24, 2.45) is 11.8 Å². The monoisotopic (exact) mass is 265 g/mol. The molecule has 2 aliphatic carbocycles. The Bertz CT molecular complexity index is 279. The molecular weight excluding hydrogens is 234 g/mol. The van der Waals surface area contributed by atoms with Crippen LogP contribution in [0.2, 0.25) is 0 Å². The summed E-state index contributed by atoms with van der Waals surface area (Å²) in [6.07, 6.45) is 15.3. The Kier molecular flexibility index (Phi) is 4.48. The van der Waals surface area contributed by atoms with Crippen molar-refractivity contribution in [3.05, 3.63) is 0 Å². The molecule has 110 valence electrons. The van der Waals surface area contributed by atoms with Gasteiger partial charge in [-0.05, 0) is 57.4 Å². The van der Waals surface area contributed by atoms with Crippen molar-refractivity contribution in [1.29, 1.82) is 0 Å². The standard InChI is InChI=1S/C17H31NO/c1-18-16-8-4-3-7-15(16)14-9-12-19-17(13-14)10-5-2-6-11-17/h14-16,18H,2-13H2,1H3. The van der Waals surface area contributed by atoms with Crippen LogP contribution in [0.15, 0.2) is 0 Å². The predicted molar refractivity (Wildman–Crippen MR) is 79.3 cm³/mol. The summed E-state index contributed by atoms with van der Waals surface area (Å²) in [7, 11) is 2.17. The van der Waals surface area contributed by atoms with Gasteiger partial charge in [0.05, 0.1) is 5.60 Å². The Morgan fingerprint density at radius 2 is 1.74 bits per heavy atom. The van der Waals surface area contributed by atoms with Crippen LogP contribution in [0.1, 0.15) is 70.6 Å². The van der Waals surface area contributed by atoms with Crippen molar-refractivity contribution in [2.75, 3.05) is 13.7 Å². The second-order valence-corrected chi connectivity index (χ2v) is 7.19. The van der Waals surface area contributed by atoms with Crippen LogP contribution in [0, 0.1) is 11.8 Å². The maximum absolute atomic E-state index is 6.28. The fourth-order valence-electron chi connectivity index (χ4n) is 5.06. The number of rotatable bonds is 2. The van der Waals surface area contributed by atoms with Gasteiger partial charge in [-0.3, -0.25) is 0 Å². The van der Waals surface area contributed by atoms with Crippen molar-refractivity contribution < 1.29 is 4.74 Å². The van der Waals surface area contributed by atoms with Gasteiger partial charge in [0.2, 0.25) is 0 Å². The second-order valence-electron chi connectivity index (χ2n) is 7.19. The summed E-state index contributed by atoms with van der Waals surface area (Å²) in [5, 5.41) is 3.60. The maximum atomic E-state index is 6.28. The van der Waals surface area contributed by atoms with E-state index < -0.39 is 0 Å². The molecule has 1 saturated heterocycles. The van der Waals surface area contributed by atoms with Crippen LogP contribution in [-0.4, -0.2) is 25.3 Å². The number of hydrogen-bond acceptors (Lipinski definition) is 2. The van der Waals surface area contributed by atoms with E-state index in [4.69, 9.17) is 4.74 Å². The molecule has 2 saturated carbocycles. The first-order chi connectivity index (χ1) is 9.33. The Morgan fingerprint density at radius 3 is 2.53 bits per heavy atom. The molecule has 0 amide bonds. The summed E-state index contributed by atoms with van der Waals surface area (Å²) in [6, 6.07) is 0.775. The van der Waals surface area contributed by atoms with Gasteiger partial charge in [-0.25, -0.2) is 0 Å². The molecule has 1 heterocycles. The summed E-state index contributed by atoms with van der Waals surface area (Å²) in [5.74, 6) is 1.84. The van der Waals surface area contributed by atoms with Gasteiger partial charge < -0.3 is 10.1 Å². The highest BCUT2D eigenvalue weighted by molar-refractivity contribution is 4.94. The molecule has 3 atom stereocenters. The van der Waals surface area contributed by atoms with Gasteiger partial charge in [-0.2, -0.15) is 0 Å². The molecule has 3 fully saturated rings. The summed E-state index contributed by atoms with van der Waals surface area (Å²) in [4.78, 5) is 0. The third-order valence-electron chi connectivity index (χ3n) is 6.09. The van der Waals surface area contributed by atoms with Gasteiger partial charge in [-0.15, -0.1) is 0 Å². The van der Waals surface area contributed by atoms with E-state index in [9.17, 15) is 0 Å². The van der Waals surface area contributed by atoms with Crippen LogP contribution in [0.25, 0.3) is 0 Å².